The van der Waals surface area contributed by atoms with Gasteiger partial charge in [0.2, 0.25) is 5.91 Å². The number of amides is 1. The summed E-state index contributed by atoms with van der Waals surface area (Å²) in [6.45, 7) is 5.66. The van der Waals surface area contributed by atoms with Crippen LogP contribution in [0, 0.1) is 0 Å². The molecule has 0 saturated carbocycles. The fourth-order valence-electron chi connectivity index (χ4n) is 10.7. The summed E-state index contributed by atoms with van der Waals surface area (Å²) >= 11 is 0. The van der Waals surface area contributed by atoms with E-state index < -0.39 is 67.4 Å². The Balaban J connectivity index is 2.54. The third-order valence-corrected chi connectivity index (χ3v) is 16.0. The number of carbonyl (C=O) groups is 2. The number of hydrogen-bond donors (Lipinski definition) is 6. The molecule has 1 heterocycles. The Hall–Kier alpha value is -2.64. The Bertz CT molecular complexity index is 1550. The van der Waals surface area contributed by atoms with Crippen LogP contribution in [0.25, 0.3) is 0 Å². The number of nitrogens with one attached hydrogen (secondary N) is 1. The Labute approximate surface area is 497 Å². The maximum atomic E-state index is 13.5. The van der Waals surface area contributed by atoms with Crippen LogP contribution in [0.5, 0.6) is 0 Å². The van der Waals surface area contributed by atoms with Gasteiger partial charge in [-0.1, -0.05) is 319 Å². The quantitative estimate of drug-likeness (QED) is 0.0149. The fourth-order valence-corrected chi connectivity index (χ4v) is 10.7. The van der Waals surface area contributed by atoms with Crippen molar-refractivity contribution in [3.8, 4) is 0 Å². The smallest absolute Gasteiger partial charge is 0.306 e. The number of aliphatic hydroxyl groups excluding tert-OH is 5. The predicted molar refractivity (Wildman–Crippen MR) is 338 cm³/mol. The molecule has 1 aliphatic rings. The molecule has 11 nitrogen and oxygen atoms in total. The summed E-state index contributed by atoms with van der Waals surface area (Å²) in [5.41, 5.74) is 0. The highest BCUT2D eigenvalue weighted by atomic mass is 16.7. The van der Waals surface area contributed by atoms with Gasteiger partial charge < -0.3 is 45.1 Å². The van der Waals surface area contributed by atoms with E-state index in [9.17, 15) is 35.1 Å². The van der Waals surface area contributed by atoms with Gasteiger partial charge >= 0.3 is 5.97 Å². The third kappa shape index (κ3) is 45.4. The van der Waals surface area contributed by atoms with E-state index in [0.29, 0.717) is 19.3 Å². The molecule has 11 heteroatoms. The molecule has 0 bridgehead atoms. The molecule has 0 aromatic heterocycles. The van der Waals surface area contributed by atoms with Crippen molar-refractivity contribution in [2.75, 3.05) is 13.2 Å². The van der Waals surface area contributed by atoms with Crippen LogP contribution < -0.4 is 5.32 Å². The van der Waals surface area contributed by atoms with Crippen molar-refractivity contribution >= 4 is 11.9 Å². The molecule has 0 aromatic rings. The SMILES string of the molecule is CC/C=C/C=C/C=C/C=C\CCCCCCCC(=O)OC1C(OCC(NC(=O)C(O)CCCCCCCCCCCCCCCCCCCCCCCCCCCC)C(O)/C=C/CCCCCCCCCCC)OC(CO)C(O)C1O. The second-order valence-corrected chi connectivity index (χ2v) is 23.6. The van der Waals surface area contributed by atoms with Gasteiger partial charge in [0.1, 0.15) is 24.4 Å². The van der Waals surface area contributed by atoms with Crippen molar-refractivity contribution in [2.24, 2.45) is 0 Å². The van der Waals surface area contributed by atoms with Crippen molar-refractivity contribution in [2.45, 2.75) is 359 Å². The molecular formula is C70H127NO10. The summed E-state index contributed by atoms with van der Waals surface area (Å²) in [6, 6.07) is -1.03. The lowest BCUT2D eigenvalue weighted by Gasteiger charge is -2.41. The second-order valence-electron chi connectivity index (χ2n) is 23.6. The highest BCUT2D eigenvalue weighted by molar-refractivity contribution is 5.80. The molecule has 1 rings (SSSR count). The number of unbranched alkanes of at least 4 members (excludes halogenated alkanes) is 39. The summed E-state index contributed by atoms with van der Waals surface area (Å²) < 4.78 is 17.6. The molecule has 472 valence electrons. The number of aliphatic hydroxyl groups is 5. The van der Waals surface area contributed by atoms with Crippen molar-refractivity contribution in [1.29, 1.82) is 0 Å². The highest BCUT2D eigenvalue weighted by Crippen LogP contribution is 2.26. The average molecular weight is 1140 g/mol. The Morgan fingerprint density at radius 3 is 1.33 bits per heavy atom. The number of rotatable bonds is 58. The number of carbonyl (C=O) groups excluding carboxylic acids is 2. The van der Waals surface area contributed by atoms with Crippen LogP contribution in [-0.2, 0) is 23.8 Å². The molecule has 0 radical (unpaired) electrons. The Kier molecular flexibility index (Phi) is 54.5. The minimum atomic E-state index is -1.62. The fraction of sp³-hybridized carbons (Fsp3) is 0.829. The lowest BCUT2D eigenvalue weighted by atomic mass is 9.99. The molecule has 0 aromatic carbocycles. The largest absolute Gasteiger partial charge is 0.454 e. The molecule has 1 saturated heterocycles. The third-order valence-electron chi connectivity index (χ3n) is 16.0. The first-order valence-corrected chi connectivity index (χ1v) is 34.1. The van der Waals surface area contributed by atoms with Crippen molar-refractivity contribution in [3.63, 3.8) is 0 Å². The predicted octanol–water partition coefficient (Wildman–Crippen LogP) is 17.0. The summed E-state index contributed by atoms with van der Waals surface area (Å²) in [5.74, 6) is -1.21. The zero-order valence-electron chi connectivity index (χ0n) is 52.4. The first-order valence-electron chi connectivity index (χ1n) is 34.1. The lowest BCUT2D eigenvalue weighted by Crippen LogP contribution is -2.61. The van der Waals surface area contributed by atoms with E-state index in [1.54, 1.807) is 6.08 Å². The molecular weight excluding hydrogens is 1010 g/mol. The summed E-state index contributed by atoms with van der Waals surface area (Å²) in [5, 5.41) is 57.1. The lowest BCUT2D eigenvalue weighted by molar-refractivity contribution is -0.305. The van der Waals surface area contributed by atoms with Crippen molar-refractivity contribution in [3.05, 3.63) is 60.8 Å². The van der Waals surface area contributed by atoms with Gasteiger partial charge in [-0.3, -0.25) is 9.59 Å². The van der Waals surface area contributed by atoms with E-state index in [1.807, 2.05) is 36.5 Å². The van der Waals surface area contributed by atoms with E-state index in [1.165, 1.54) is 186 Å². The number of ether oxygens (including phenoxy) is 3. The van der Waals surface area contributed by atoms with Crippen LogP contribution >= 0.6 is 0 Å². The minimum absolute atomic E-state index is 0.0971. The molecule has 1 amide bonds. The van der Waals surface area contributed by atoms with Crippen molar-refractivity contribution in [1.82, 2.24) is 5.32 Å². The Morgan fingerprint density at radius 1 is 0.494 bits per heavy atom. The van der Waals surface area contributed by atoms with E-state index in [0.717, 1.165) is 77.0 Å². The standard InChI is InChI=1S/C70H127NO10/c1-4-7-10-13-16-19-22-24-26-27-28-29-30-31-32-33-34-35-36-38-39-42-45-48-51-54-57-63(74)69(78)71-61(62(73)56-53-50-47-44-41-21-18-15-12-9-6-3)60-79-70-68(67(77)66(76)64(59-72)80-70)81-65(75)58-55-52-49-46-43-40-37-25-23-20-17-14-11-8-5-2/h8,11,14,17,20,23,25,37,53,56,61-64,66-68,70,72-74,76-77H,4-7,9-10,12-13,15-16,18-19,21-22,24,26-36,38-52,54-55,57-60H2,1-3H3,(H,71,78)/b11-8+,17-14+,23-20+,37-25-,56-53+. The molecule has 0 aliphatic carbocycles. The van der Waals surface area contributed by atoms with Gasteiger partial charge in [0.05, 0.1) is 25.4 Å². The van der Waals surface area contributed by atoms with Crippen LogP contribution in [0.15, 0.2) is 60.8 Å². The maximum Gasteiger partial charge on any atom is 0.306 e. The minimum Gasteiger partial charge on any atom is -0.454 e. The topological polar surface area (TPSA) is 175 Å². The zero-order chi connectivity index (χ0) is 58.9. The van der Waals surface area contributed by atoms with Gasteiger partial charge in [0.15, 0.2) is 12.4 Å². The van der Waals surface area contributed by atoms with E-state index in [4.69, 9.17) is 14.2 Å². The molecule has 1 aliphatic heterocycles. The zero-order valence-corrected chi connectivity index (χ0v) is 52.4. The summed E-state index contributed by atoms with van der Waals surface area (Å²) in [6.07, 6.45) is 62.8. The molecule has 1 fully saturated rings. The van der Waals surface area contributed by atoms with Crippen LogP contribution in [-0.4, -0.2) is 99.6 Å². The van der Waals surface area contributed by atoms with Crippen LogP contribution in [0.4, 0.5) is 0 Å². The molecule has 0 spiro atoms. The van der Waals surface area contributed by atoms with E-state index >= 15 is 0 Å². The van der Waals surface area contributed by atoms with Crippen LogP contribution in [0.2, 0.25) is 0 Å². The van der Waals surface area contributed by atoms with Crippen molar-refractivity contribution < 1.29 is 49.3 Å². The van der Waals surface area contributed by atoms with Gasteiger partial charge in [0.25, 0.3) is 0 Å². The molecule has 8 unspecified atom stereocenters. The van der Waals surface area contributed by atoms with Gasteiger partial charge in [0, 0.05) is 6.42 Å². The molecule has 8 atom stereocenters. The summed E-state index contributed by atoms with van der Waals surface area (Å²) in [4.78, 5) is 26.6. The maximum absolute atomic E-state index is 13.5. The second kappa shape index (κ2) is 57.8. The number of esters is 1. The van der Waals surface area contributed by atoms with Crippen LogP contribution in [0.3, 0.4) is 0 Å². The normalized spacial score (nSPS) is 19.0. The number of allylic oxidation sites excluding steroid dienone is 9. The first-order chi connectivity index (χ1) is 39.7. The van der Waals surface area contributed by atoms with E-state index in [-0.39, 0.29) is 13.0 Å². The molecule has 6 N–H and O–H groups in total. The Morgan fingerprint density at radius 2 is 0.889 bits per heavy atom. The molecule has 81 heavy (non-hydrogen) atoms. The van der Waals surface area contributed by atoms with E-state index in [2.05, 4.69) is 44.3 Å². The van der Waals surface area contributed by atoms with Gasteiger partial charge in [-0.15, -0.1) is 0 Å². The first kappa shape index (κ1) is 76.4. The summed E-state index contributed by atoms with van der Waals surface area (Å²) in [7, 11) is 0. The van der Waals surface area contributed by atoms with Gasteiger partial charge in [-0.2, -0.15) is 0 Å². The van der Waals surface area contributed by atoms with Gasteiger partial charge in [-0.05, 0) is 44.9 Å². The van der Waals surface area contributed by atoms with Gasteiger partial charge in [-0.25, -0.2) is 0 Å². The average Bonchev–Trinajstić information content (AvgIpc) is 3.50. The monoisotopic (exact) mass is 1140 g/mol. The van der Waals surface area contributed by atoms with Crippen LogP contribution in [0.1, 0.15) is 310 Å². The number of hydrogen-bond acceptors (Lipinski definition) is 10. The highest BCUT2D eigenvalue weighted by Gasteiger charge is 2.47.